The lowest BCUT2D eigenvalue weighted by Crippen LogP contribution is -2.54. The van der Waals surface area contributed by atoms with Crippen LogP contribution in [0.3, 0.4) is 0 Å². The molecule has 10 heteroatoms. The third-order valence-electron chi connectivity index (χ3n) is 7.10. The number of carbonyl (C=O) groups is 3. The van der Waals surface area contributed by atoms with E-state index in [0.717, 1.165) is 12.0 Å². The van der Waals surface area contributed by atoms with Crippen LogP contribution in [0, 0.1) is 17.6 Å². The van der Waals surface area contributed by atoms with Gasteiger partial charge in [0, 0.05) is 37.2 Å². The van der Waals surface area contributed by atoms with Gasteiger partial charge in [-0.3, -0.25) is 24.4 Å². The van der Waals surface area contributed by atoms with E-state index in [9.17, 15) is 23.2 Å². The minimum Gasteiger partial charge on any atom is -0.349 e. The third-order valence-corrected chi connectivity index (χ3v) is 7.10. The highest BCUT2D eigenvalue weighted by atomic mass is 19.1. The number of halogens is 2. The molecule has 2 aromatic carbocycles. The number of nitrogens with zero attached hydrogens (tertiary/aromatic N) is 3. The summed E-state index contributed by atoms with van der Waals surface area (Å²) in [5, 5.41) is 5.50. The second-order valence-corrected chi connectivity index (χ2v) is 10.0. The smallest absolute Gasteiger partial charge is 0.251 e. The Labute approximate surface area is 232 Å². The summed E-state index contributed by atoms with van der Waals surface area (Å²) in [6, 6.07) is 9.99. The van der Waals surface area contributed by atoms with Gasteiger partial charge < -0.3 is 15.5 Å². The van der Waals surface area contributed by atoms with Crippen LogP contribution in [0.1, 0.15) is 66.5 Å². The summed E-state index contributed by atoms with van der Waals surface area (Å²) in [6.45, 7) is 3.97. The molecule has 2 heterocycles. The van der Waals surface area contributed by atoms with Crippen LogP contribution in [0.15, 0.2) is 60.9 Å². The van der Waals surface area contributed by atoms with E-state index in [1.165, 1.54) is 36.4 Å². The molecule has 3 atom stereocenters. The summed E-state index contributed by atoms with van der Waals surface area (Å²) in [5.74, 6) is -2.22. The van der Waals surface area contributed by atoms with Crippen molar-refractivity contribution in [3.05, 3.63) is 95.1 Å². The molecular formula is C30H33F2N5O3. The van der Waals surface area contributed by atoms with Crippen LogP contribution in [-0.2, 0) is 16.0 Å². The van der Waals surface area contributed by atoms with E-state index in [1.54, 1.807) is 30.3 Å². The van der Waals surface area contributed by atoms with Gasteiger partial charge in [-0.25, -0.2) is 8.78 Å². The van der Waals surface area contributed by atoms with Gasteiger partial charge in [0.05, 0.1) is 23.6 Å². The summed E-state index contributed by atoms with van der Waals surface area (Å²) < 4.78 is 26.9. The predicted molar refractivity (Wildman–Crippen MR) is 145 cm³/mol. The van der Waals surface area contributed by atoms with E-state index in [4.69, 9.17) is 4.98 Å². The minimum atomic E-state index is -1.00. The first-order chi connectivity index (χ1) is 19.2. The fraction of sp³-hybridized carbons (Fsp3) is 0.367. The highest BCUT2D eigenvalue weighted by molar-refractivity contribution is 5.95. The lowest BCUT2D eigenvalue weighted by molar-refractivity contribution is -0.138. The molecule has 1 aromatic heterocycles. The van der Waals surface area contributed by atoms with Crippen molar-refractivity contribution in [2.24, 2.45) is 5.92 Å². The first-order valence-electron chi connectivity index (χ1n) is 13.4. The van der Waals surface area contributed by atoms with E-state index >= 15 is 0 Å². The molecule has 3 aromatic rings. The van der Waals surface area contributed by atoms with Crippen LogP contribution < -0.4 is 10.6 Å². The zero-order valence-electron chi connectivity index (χ0n) is 22.6. The molecule has 0 aliphatic carbocycles. The molecule has 1 aliphatic rings. The van der Waals surface area contributed by atoms with Gasteiger partial charge in [-0.05, 0) is 61.2 Å². The van der Waals surface area contributed by atoms with Crippen molar-refractivity contribution in [1.29, 1.82) is 0 Å². The summed E-state index contributed by atoms with van der Waals surface area (Å²) in [4.78, 5) is 49.9. The average Bonchev–Trinajstić information content (AvgIpc) is 3.45. The van der Waals surface area contributed by atoms with Crippen LogP contribution in [-0.4, -0.2) is 51.7 Å². The summed E-state index contributed by atoms with van der Waals surface area (Å²) >= 11 is 0. The molecule has 1 aliphatic heterocycles. The Balaban J connectivity index is 1.51. The maximum absolute atomic E-state index is 13.8. The Morgan fingerprint density at radius 1 is 1.07 bits per heavy atom. The van der Waals surface area contributed by atoms with Gasteiger partial charge in [-0.15, -0.1) is 0 Å². The molecule has 210 valence electrons. The lowest BCUT2D eigenvalue weighted by atomic mass is 10.1. The van der Waals surface area contributed by atoms with Gasteiger partial charge in [0.25, 0.3) is 5.91 Å². The van der Waals surface area contributed by atoms with Crippen LogP contribution in [0.2, 0.25) is 0 Å². The van der Waals surface area contributed by atoms with Crippen LogP contribution in [0.25, 0.3) is 0 Å². The summed E-state index contributed by atoms with van der Waals surface area (Å²) in [6.07, 6.45) is 5.62. The molecule has 0 radical (unpaired) electrons. The Kier molecular flexibility index (Phi) is 9.52. The standard InChI is InChI=1S/C30H33F2N5O3/c1-3-19(2)28(38)36-26(18-34-29(39)21-9-11-22(31)12-10-21)30(40)37-13-5-8-27(37)25-17-33-16-24(35-25)15-20-6-4-7-23(32)14-20/h4,6-7,9-12,14,16-17,19,26-27H,3,5,8,13,15,18H2,1-2H3,(H,34,39)(H,36,38)/t19-,26+,27-/m1/s1. The number of hydrogen-bond donors (Lipinski definition) is 2. The molecule has 0 unspecified atom stereocenters. The highest BCUT2D eigenvalue weighted by Gasteiger charge is 2.36. The molecule has 0 spiro atoms. The monoisotopic (exact) mass is 549 g/mol. The minimum absolute atomic E-state index is 0.133. The van der Waals surface area contributed by atoms with Gasteiger partial charge in [0.2, 0.25) is 11.8 Å². The van der Waals surface area contributed by atoms with Crippen LogP contribution >= 0.6 is 0 Å². The van der Waals surface area contributed by atoms with Crippen molar-refractivity contribution in [2.75, 3.05) is 13.1 Å². The predicted octanol–water partition coefficient (Wildman–Crippen LogP) is 3.97. The number of amides is 3. The summed E-state index contributed by atoms with van der Waals surface area (Å²) in [7, 11) is 0. The maximum Gasteiger partial charge on any atom is 0.251 e. The second-order valence-electron chi connectivity index (χ2n) is 10.0. The van der Waals surface area contributed by atoms with E-state index in [1.807, 2.05) is 13.0 Å². The molecule has 0 saturated carbocycles. The molecule has 4 rings (SSSR count). The van der Waals surface area contributed by atoms with Gasteiger partial charge in [-0.2, -0.15) is 0 Å². The van der Waals surface area contributed by atoms with E-state index in [2.05, 4.69) is 15.6 Å². The van der Waals surface area contributed by atoms with E-state index < -0.39 is 17.8 Å². The second kappa shape index (κ2) is 13.2. The van der Waals surface area contributed by atoms with Crippen molar-refractivity contribution in [2.45, 2.75) is 51.6 Å². The average molecular weight is 550 g/mol. The Morgan fingerprint density at radius 2 is 1.85 bits per heavy atom. The molecule has 2 N–H and O–H groups in total. The molecule has 8 nitrogen and oxygen atoms in total. The van der Waals surface area contributed by atoms with E-state index in [0.29, 0.717) is 37.2 Å². The number of benzene rings is 2. The number of rotatable bonds is 10. The molecule has 1 saturated heterocycles. The number of likely N-dealkylation sites (tertiary alicyclic amines) is 1. The molecular weight excluding hydrogens is 516 g/mol. The highest BCUT2D eigenvalue weighted by Crippen LogP contribution is 2.31. The van der Waals surface area contributed by atoms with E-state index in [-0.39, 0.29) is 41.7 Å². The van der Waals surface area contributed by atoms with Crippen molar-refractivity contribution in [1.82, 2.24) is 25.5 Å². The number of hydrogen-bond acceptors (Lipinski definition) is 5. The number of carbonyl (C=O) groups excluding carboxylic acids is 3. The largest absolute Gasteiger partial charge is 0.349 e. The van der Waals surface area contributed by atoms with Crippen LogP contribution in [0.5, 0.6) is 0 Å². The zero-order valence-corrected chi connectivity index (χ0v) is 22.6. The van der Waals surface area contributed by atoms with Crippen molar-refractivity contribution >= 4 is 17.7 Å². The van der Waals surface area contributed by atoms with Crippen molar-refractivity contribution in [3.63, 3.8) is 0 Å². The van der Waals surface area contributed by atoms with Gasteiger partial charge in [0.1, 0.15) is 17.7 Å². The normalized spacial score (nSPS) is 16.3. The lowest BCUT2D eigenvalue weighted by Gasteiger charge is -2.30. The Hall–Kier alpha value is -4.21. The van der Waals surface area contributed by atoms with Crippen molar-refractivity contribution < 1.29 is 23.2 Å². The van der Waals surface area contributed by atoms with Gasteiger partial charge in [0.15, 0.2) is 0 Å². The first kappa shape index (κ1) is 28.8. The zero-order chi connectivity index (χ0) is 28.6. The third kappa shape index (κ3) is 7.25. The van der Waals surface area contributed by atoms with Gasteiger partial charge >= 0.3 is 0 Å². The van der Waals surface area contributed by atoms with Gasteiger partial charge in [-0.1, -0.05) is 26.0 Å². The fourth-order valence-corrected chi connectivity index (χ4v) is 4.66. The Morgan fingerprint density at radius 3 is 2.58 bits per heavy atom. The SMILES string of the molecule is CC[C@@H](C)C(=O)N[C@@H](CNC(=O)c1ccc(F)cc1)C(=O)N1CCC[C@@H]1c1cncc(Cc2cccc(F)c2)n1. The molecule has 0 bridgehead atoms. The molecule has 40 heavy (non-hydrogen) atoms. The van der Waals surface area contributed by atoms with Crippen LogP contribution in [0.4, 0.5) is 8.78 Å². The maximum atomic E-state index is 13.8. The molecule has 3 amide bonds. The molecule has 1 fully saturated rings. The Bertz CT molecular complexity index is 1350. The van der Waals surface area contributed by atoms with Crippen molar-refractivity contribution in [3.8, 4) is 0 Å². The first-order valence-corrected chi connectivity index (χ1v) is 13.4. The number of nitrogens with one attached hydrogen (secondary N) is 2. The fourth-order valence-electron chi connectivity index (χ4n) is 4.66. The topological polar surface area (TPSA) is 104 Å². The quantitative estimate of drug-likeness (QED) is 0.398. The number of aromatic nitrogens is 2. The summed E-state index contributed by atoms with van der Waals surface area (Å²) in [5.41, 5.74) is 2.26.